The fourth-order valence-corrected chi connectivity index (χ4v) is 4.29. The third-order valence-corrected chi connectivity index (χ3v) is 6.12. The van der Waals surface area contributed by atoms with Crippen LogP contribution in [0, 0.1) is 13.8 Å². The minimum absolute atomic E-state index is 0.923. The average molecular weight is 336 g/mol. The van der Waals surface area contributed by atoms with Crippen molar-refractivity contribution in [3.63, 3.8) is 0 Å². The number of thiophene rings is 1. The van der Waals surface area contributed by atoms with Crippen molar-refractivity contribution in [2.75, 3.05) is 6.66 Å². The maximum absolute atomic E-state index is 2.27. The molecular formula is C21H21PS. The Bertz CT molecular complexity index is 887. The van der Waals surface area contributed by atoms with E-state index in [4.69, 9.17) is 0 Å². The van der Waals surface area contributed by atoms with Crippen LogP contribution in [-0.4, -0.2) is 6.66 Å². The van der Waals surface area contributed by atoms with Crippen molar-refractivity contribution < 1.29 is 0 Å². The van der Waals surface area contributed by atoms with Crippen molar-refractivity contribution in [3.05, 3.63) is 77.9 Å². The molecule has 0 saturated heterocycles. The lowest BCUT2D eigenvalue weighted by Crippen LogP contribution is -1.94. The van der Waals surface area contributed by atoms with Crippen LogP contribution >= 0.6 is 19.9 Å². The van der Waals surface area contributed by atoms with Crippen LogP contribution < -0.4 is 5.30 Å². The fraction of sp³-hybridized carbons (Fsp3) is 0.143. The molecule has 0 saturated carbocycles. The molecule has 0 aliphatic heterocycles. The first-order valence-corrected chi connectivity index (χ1v) is 10.1. The minimum Gasteiger partial charge on any atom is -0.135 e. The maximum atomic E-state index is 2.27. The predicted molar refractivity (Wildman–Crippen MR) is 109 cm³/mol. The summed E-state index contributed by atoms with van der Waals surface area (Å²) in [6, 6.07) is 23.8. The molecule has 2 heteroatoms. The number of hydrogen-bond acceptors (Lipinski definition) is 1. The van der Waals surface area contributed by atoms with Crippen LogP contribution in [0.3, 0.4) is 0 Å². The van der Waals surface area contributed by atoms with Crippen LogP contribution in [0.15, 0.2) is 66.7 Å². The predicted octanol–water partition coefficient (Wildman–Crippen LogP) is 6.29. The summed E-state index contributed by atoms with van der Waals surface area (Å²) in [5.41, 5.74) is 2.80. The van der Waals surface area contributed by atoms with E-state index in [1.807, 2.05) is 11.3 Å². The number of fused-ring (bicyclic) bond motifs is 3. The zero-order valence-corrected chi connectivity index (χ0v) is 15.6. The number of hydrogen-bond donors (Lipinski definition) is 0. The molecule has 0 amide bonds. The van der Waals surface area contributed by atoms with Gasteiger partial charge in [-0.2, -0.15) is 0 Å². The number of rotatable bonds is 1. The lowest BCUT2D eigenvalue weighted by Gasteiger charge is -2.01. The first-order chi connectivity index (χ1) is 11.2. The molecule has 1 aromatic heterocycles. The summed E-state index contributed by atoms with van der Waals surface area (Å²) in [5, 5.41) is 4.22. The van der Waals surface area contributed by atoms with Crippen molar-refractivity contribution in [1.29, 1.82) is 0 Å². The molecular weight excluding hydrogens is 315 g/mol. The van der Waals surface area contributed by atoms with Gasteiger partial charge in [0.05, 0.1) is 0 Å². The van der Waals surface area contributed by atoms with Gasteiger partial charge < -0.3 is 0 Å². The Morgan fingerprint density at radius 2 is 1.26 bits per heavy atom. The van der Waals surface area contributed by atoms with Crippen LogP contribution in [0.2, 0.25) is 0 Å². The topological polar surface area (TPSA) is 0 Å². The molecule has 0 spiro atoms. The highest BCUT2D eigenvalue weighted by Crippen LogP contribution is 2.32. The van der Waals surface area contributed by atoms with Gasteiger partial charge in [0.25, 0.3) is 0 Å². The molecule has 0 nitrogen and oxygen atoms in total. The lowest BCUT2D eigenvalue weighted by molar-refractivity contribution is 1.35. The van der Waals surface area contributed by atoms with E-state index in [2.05, 4.69) is 87.2 Å². The Kier molecular flexibility index (Phi) is 5.10. The van der Waals surface area contributed by atoms with E-state index < -0.39 is 0 Å². The molecule has 0 radical (unpaired) electrons. The summed E-state index contributed by atoms with van der Waals surface area (Å²) < 4.78 is 2.76. The van der Waals surface area contributed by atoms with Gasteiger partial charge in [0, 0.05) is 20.2 Å². The normalized spacial score (nSPS) is 11.1. The Hall–Kier alpha value is -1.69. The van der Waals surface area contributed by atoms with Gasteiger partial charge in [0.2, 0.25) is 0 Å². The van der Waals surface area contributed by atoms with Gasteiger partial charge in [-0.15, -0.1) is 11.3 Å². The standard InChI is InChI=1S/C12H8S.C9H13P/c1-3-7-11-9(5-1)10-6-2-4-8-12(10)13-11;1-7-4-5-9(10-3)6-8(7)2/h1-8H;4-6,10H,1-3H3. The molecule has 1 atom stereocenters. The smallest absolute Gasteiger partial charge is 0.0355 e. The quantitative estimate of drug-likeness (QED) is 0.358. The zero-order chi connectivity index (χ0) is 16.2. The molecule has 3 aromatic carbocycles. The summed E-state index contributed by atoms with van der Waals surface area (Å²) in [5.74, 6) is 0. The summed E-state index contributed by atoms with van der Waals surface area (Å²) in [6.07, 6.45) is 0. The molecule has 0 N–H and O–H groups in total. The van der Waals surface area contributed by atoms with Crippen molar-refractivity contribution in [2.24, 2.45) is 0 Å². The largest absolute Gasteiger partial charge is 0.135 e. The molecule has 1 heterocycles. The second-order valence-corrected chi connectivity index (χ2v) is 7.80. The van der Waals surface area contributed by atoms with E-state index in [9.17, 15) is 0 Å². The van der Waals surface area contributed by atoms with E-state index in [1.165, 1.54) is 36.6 Å². The van der Waals surface area contributed by atoms with Crippen LogP contribution in [0.5, 0.6) is 0 Å². The van der Waals surface area contributed by atoms with E-state index in [0.717, 1.165) is 8.58 Å². The highest BCUT2D eigenvalue weighted by molar-refractivity contribution is 7.46. The lowest BCUT2D eigenvalue weighted by atomic mass is 10.1. The van der Waals surface area contributed by atoms with Crippen LogP contribution in [0.25, 0.3) is 20.2 Å². The zero-order valence-electron chi connectivity index (χ0n) is 13.8. The molecule has 1 unspecified atom stereocenters. The van der Waals surface area contributed by atoms with Gasteiger partial charge >= 0.3 is 0 Å². The van der Waals surface area contributed by atoms with Crippen LogP contribution in [0.1, 0.15) is 11.1 Å². The van der Waals surface area contributed by atoms with Gasteiger partial charge in [-0.05, 0) is 49.1 Å². The van der Waals surface area contributed by atoms with E-state index in [0.29, 0.717) is 0 Å². The molecule has 0 aliphatic carbocycles. The van der Waals surface area contributed by atoms with Crippen molar-refractivity contribution >= 4 is 45.4 Å². The molecule has 4 rings (SSSR count). The van der Waals surface area contributed by atoms with Crippen LogP contribution in [-0.2, 0) is 0 Å². The van der Waals surface area contributed by atoms with E-state index in [1.54, 1.807) is 0 Å². The Morgan fingerprint density at radius 1 is 0.696 bits per heavy atom. The van der Waals surface area contributed by atoms with Crippen molar-refractivity contribution in [3.8, 4) is 0 Å². The van der Waals surface area contributed by atoms with Gasteiger partial charge in [0.1, 0.15) is 0 Å². The molecule has 4 aromatic rings. The number of benzene rings is 3. The van der Waals surface area contributed by atoms with Gasteiger partial charge in [0.15, 0.2) is 0 Å². The molecule has 0 fully saturated rings. The highest BCUT2D eigenvalue weighted by Gasteiger charge is 2.01. The van der Waals surface area contributed by atoms with E-state index in [-0.39, 0.29) is 0 Å². The minimum atomic E-state index is 0.923. The van der Waals surface area contributed by atoms with Crippen molar-refractivity contribution in [2.45, 2.75) is 13.8 Å². The van der Waals surface area contributed by atoms with Crippen molar-refractivity contribution in [1.82, 2.24) is 0 Å². The first kappa shape index (κ1) is 16.2. The van der Waals surface area contributed by atoms with Gasteiger partial charge in [-0.3, -0.25) is 0 Å². The van der Waals surface area contributed by atoms with E-state index >= 15 is 0 Å². The highest BCUT2D eigenvalue weighted by atomic mass is 32.1. The fourth-order valence-electron chi connectivity index (χ4n) is 2.57. The molecule has 0 aliphatic rings. The first-order valence-electron chi connectivity index (χ1n) is 7.80. The van der Waals surface area contributed by atoms with Gasteiger partial charge in [-0.1, -0.05) is 63.2 Å². The Labute approximate surface area is 144 Å². The average Bonchev–Trinajstić information content (AvgIpc) is 2.97. The summed E-state index contributed by atoms with van der Waals surface area (Å²) >= 11 is 1.86. The number of aryl methyl sites for hydroxylation is 2. The van der Waals surface area contributed by atoms with Gasteiger partial charge in [-0.25, -0.2) is 0 Å². The molecule has 116 valence electrons. The second-order valence-electron chi connectivity index (χ2n) is 5.64. The molecule has 0 bridgehead atoms. The summed E-state index contributed by atoms with van der Waals surface area (Å²) in [7, 11) is 0.923. The maximum Gasteiger partial charge on any atom is 0.0355 e. The third-order valence-electron chi connectivity index (χ3n) is 4.08. The Balaban J connectivity index is 0.000000142. The van der Waals surface area contributed by atoms with Crippen LogP contribution in [0.4, 0.5) is 0 Å². The Morgan fingerprint density at radius 3 is 1.78 bits per heavy atom. The monoisotopic (exact) mass is 336 g/mol. The second kappa shape index (κ2) is 7.25. The summed E-state index contributed by atoms with van der Waals surface area (Å²) in [4.78, 5) is 0. The summed E-state index contributed by atoms with van der Waals surface area (Å²) in [6.45, 7) is 6.53. The third kappa shape index (κ3) is 3.63. The SMILES string of the molecule is CPc1ccc(C)c(C)c1.c1ccc2c(c1)sc1ccccc12. The molecule has 23 heavy (non-hydrogen) atoms.